The van der Waals surface area contributed by atoms with Crippen molar-refractivity contribution in [3.05, 3.63) is 134 Å². The van der Waals surface area contributed by atoms with E-state index in [0.29, 0.717) is 29.3 Å². The Morgan fingerprint density at radius 2 is 1.46 bits per heavy atom. The fraction of sp³-hybridized carbons (Fsp3) is 0.0345. The summed E-state index contributed by atoms with van der Waals surface area (Å²) in [6, 6.07) is 33.0. The molecule has 1 aliphatic heterocycles. The molecule has 5 rings (SSSR count). The van der Waals surface area contributed by atoms with Crippen LogP contribution in [0.3, 0.4) is 0 Å². The number of nitrogens with zero attached hydrogens (tertiary/aromatic N) is 2. The van der Waals surface area contributed by atoms with E-state index in [1.807, 2.05) is 109 Å². The topological polar surface area (TPSA) is 41.9 Å². The summed E-state index contributed by atoms with van der Waals surface area (Å²) >= 11 is 7.21. The number of hydrogen-bond acceptors (Lipinski definition) is 3. The molecular formula is C29H20Br2N2O2. The average Bonchev–Trinajstić information content (AvgIpc) is 3.21. The third-order valence-electron chi connectivity index (χ3n) is 5.49. The van der Waals surface area contributed by atoms with Crippen molar-refractivity contribution in [2.45, 2.75) is 6.61 Å². The van der Waals surface area contributed by atoms with Gasteiger partial charge in [-0.2, -0.15) is 10.1 Å². The van der Waals surface area contributed by atoms with E-state index in [-0.39, 0.29) is 5.91 Å². The van der Waals surface area contributed by atoms with Crippen LogP contribution in [0, 0.1) is 0 Å². The molecule has 0 unspecified atom stereocenters. The minimum atomic E-state index is -0.194. The van der Waals surface area contributed by atoms with E-state index in [2.05, 4.69) is 31.9 Å². The van der Waals surface area contributed by atoms with E-state index in [4.69, 9.17) is 9.84 Å². The molecule has 0 spiro atoms. The number of ether oxygens (including phenoxy) is 1. The molecule has 6 heteroatoms. The Balaban J connectivity index is 1.59. The Morgan fingerprint density at radius 3 is 2.14 bits per heavy atom. The van der Waals surface area contributed by atoms with Crippen LogP contribution in [0.5, 0.6) is 5.75 Å². The van der Waals surface area contributed by atoms with Crippen LogP contribution in [0.25, 0.3) is 6.08 Å². The fourth-order valence-electron chi connectivity index (χ4n) is 3.82. The van der Waals surface area contributed by atoms with Crippen LogP contribution in [-0.4, -0.2) is 11.6 Å². The van der Waals surface area contributed by atoms with Crippen molar-refractivity contribution in [3.8, 4) is 5.75 Å². The van der Waals surface area contributed by atoms with E-state index >= 15 is 0 Å². The van der Waals surface area contributed by atoms with Crippen molar-refractivity contribution in [1.29, 1.82) is 0 Å². The van der Waals surface area contributed by atoms with Crippen molar-refractivity contribution >= 4 is 55.2 Å². The molecule has 0 N–H and O–H groups in total. The third-order valence-corrected chi connectivity index (χ3v) is 6.54. The number of carbonyl (C=O) groups excluding carboxylic acids is 1. The minimum absolute atomic E-state index is 0.194. The summed E-state index contributed by atoms with van der Waals surface area (Å²) in [5.74, 6) is 0.461. The van der Waals surface area contributed by atoms with Gasteiger partial charge in [0.25, 0.3) is 5.91 Å². The molecule has 172 valence electrons. The molecule has 0 saturated carbocycles. The van der Waals surface area contributed by atoms with Crippen molar-refractivity contribution < 1.29 is 9.53 Å². The Kier molecular flexibility index (Phi) is 6.93. The standard InChI is InChI=1S/C29H20Br2N2O2/c30-23-16-22(28(26(31)18-23)35-19-20-10-4-1-5-11-20)17-25-27(21-12-6-2-7-13-21)32-33(29(25)34)24-14-8-3-9-15-24/h1-18H,19H2/b25-17-. The second-order valence-corrected chi connectivity index (χ2v) is 9.68. The molecule has 1 heterocycles. The summed E-state index contributed by atoms with van der Waals surface area (Å²) in [6.07, 6.45) is 1.85. The highest BCUT2D eigenvalue weighted by molar-refractivity contribution is 9.11. The highest BCUT2D eigenvalue weighted by Gasteiger charge is 2.32. The predicted octanol–water partition coefficient (Wildman–Crippen LogP) is 7.63. The summed E-state index contributed by atoms with van der Waals surface area (Å²) < 4.78 is 7.89. The second kappa shape index (κ2) is 10.4. The molecule has 0 saturated heterocycles. The van der Waals surface area contributed by atoms with E-state index < -0.39 is 0 Å². The molecule has 4 nitrogen and oxygen atoms in total. The van der Waals surface area contributed by atoms with Crippen LogP contribution in [0.4, 0.5) is 5.69 Å². The zero-order valence-corrected chi connectivity index (χ0v) is 21.7. The first kappa shape index (κ1) is 23.3. The van der Waals surface area contributed by atoms with Crippen molar-refractivity contribution in [2.75, 3.05) is 5.01 Å². The molecule has 0 bridgehead atoms. The number of amides is 1. The summed E-state index contributed by atoms with van der Waals surface area (Å²) in [6.45, 7) is 0.404. The summed E-state index contributed by atoms with van der Waals surface area (Å²) in [5, 5.41) is 6.17. The largest absolute Gasteiger partial charge is 0.487 e. The fourth-order valence-corrected chi connectivity index (χ4v) is 5.20. The van der Waals surface area contributed by atoms with Gasteiger partial charge in [0.2, 0.25) is 0 Å². The van der Waals surface area contributed by atoms with Gasteiger partial charge in [0.1, 0.15) is 18.1 Å². The van der Waals surface area contributed by atoms with Crippen LogP contribution in [-0.2, 0) is 11.4 Å². The monoisotopic (exact) mass is 586 g/mol. The lowest BCUT2D eigenvalue weighted by Crippen LogP contribution is -2.21. The number of carbonyl (C=O) groups is 1. The van der Waals surface area contributed by atoms with Gasteiger partial charge in [-0.1, -0.05) is 94.8 Å². The van der Waals surface area contributed by atoms with Gasteiger partial charge < -0.3 is 4.74 Å². The lowest BCUT2D eigenvalue weighted by Gasteiger charge is -2.14. The van der Waals surface area contributed by atoms with E-state index in [9.17, 15) is 4.79 Å². The van der Waals surface area contributed by atoms with Crippen molar-refractivity contribution in [3.63, 3.8) is 0 Å². The maximum absolute atomic E-state index is 13.6. The van der Waals surface area contributed by atoms with Gasteiger partial charge >= 0.3 is 0 Å². The van der Waals surface area contributed by atoms with Gasteiger partial charge in [0, 0.05) is 15.6 Å². The van der Waals surface area contributed by atoms with Crippen LogP contribution < -0.4 is 9.75 Å². The number of hydrogen-bond donors (Lipinski definition) is 0. The first-order chi connectivity index (χ1) is 17.1. The summed E-state index contributed by atoms with van der Waals surface area (Å²) in [5.41, 5.74) is 4.51. The number of para-hydroxylation sites is 1. The Hall–Kier alpha value is -3.48. The quantitative estimate of drug-likeness (QED) is 0.218. The van der Waals surface area contributed by atoms with Crippen LogP contribution >= 0.6 is 31.9 Å². The second-order valence-electron chi connectivity index (χ2n) is 7.91. The lowest BCUT2D eigenvalue weighted by atomic mass is 10.00. The number of rotatable bonds is 6. The molecule has 0 radical (unpaired) electrons. The highest BCUT2D eigenvalue weighted by Crippen LogP contribution is 2.36. The first-order valence-corrected chi connectivity index (χ1v) is 12.6. The van der Waals surface area contributed by atoms with Crippen LogP contribution in [0.2, 0.25) is 0 Å². The zero-order valence-electron chi connectivity index (χ0n) is 18.6. The molecule has 35 heavy (non-hydrogen) atoms. The predicted molar refractivity (Wildman–Crippen MR) is 147 cm³/mol. The van der Waals surface area contributed by atoms with E-state index in [1.54, 1.807) is 0 Å². The third kappa shape index (κ3) is 5.14. The average molecular weight is 588 g/mol. The number of hydrazone groups is 1. The number of halogens is 2. The maximum atomic E-state index is 13.6. The molecule has 4 aromatic carbocycles. The van der Waals surface area contributed by atoms with Crippen LogP contribution in [0.1, 0.15) is 16.7 Å². The first-order valence-electron chi connectivity index (χ1n) is 11.0. The minimum Gasteiger partial charge on any atom is -0.487 e. The van der Waals surface area contributed by atoms with Gasteiger partial charge in [-0.05, 0) is 51.8 Å². The van der Waals surface area contributed by atoms with E-state index in [1.165, 1.54) is 5.01 Å². The molecular weight excluding hydrogens is 568 g/mol. The summed E-state index contributed by atoms with van der Waals surface area (Å²) in [7, 11) is 0. The highest BCUT2D eigenvalue weighted by atomic mass is 79.9. The molecule has 0 aromatic heterocycles. The SMILES string of the molecule is O=C1/C(=C\c2cc(Br)cc(Br)c2OCc2ccccc2)C(c2ccccc2)=NN1c1ccccc1. The van der Waals surface area contributed by atoms with E-state index in [0.717, 1.165) is 25.6 Å². The molecule has 0 fully saturated rings. The number of benzene rings is 4. The Bertz CT molecular complexity index is 1420. The van der Waals surface area contributed by atoms with Gasteiger partial charge in [0.15, 0.2) is 0 Å². The maximum Gasteiger partial charge on any atom is 0.281 e. The zero-order chi connectivity index (χ0) is 24.2. The molecule has 0 atom stereocenters. The lowest BCUT2D eigenvalue weighted by molar-refractivity contribution is -0.114. The number of anilines is 1. The van der Waals surface area contributed by atoms with Crippen molar-refractivity contribution in [2.24, 2.45) is 5.10 Å². The van der Waals surface area contributed by atoms with Crippen LogP contribution in [0.15, 0.2) is 123 Å². The molecule has 0 aliphatic carbocycles. The normalized spacial score (nSPS) is 14.3. The van der Waals surface area contributed by atoms with Crippen molar-refractivity contribution in [1.82, 2.24) is 0 Å². The summed E-state index contributed by atoms with van der Waals surface area (Å²) in [4.78, 5) is 13.6. The van der Waals surface area contributed by atoms with Gasteiger partial charge in [-0.15, -0.1) is 0 Å². The molecule has 1 aliphatic rings. The van der Waals surface area contributed by atoms with Gasteiger partial charge in [-0.25, -0.2) is 0 Å². The molecule has 1 amide bonds. The van der Waals surface area contributed by atoms with Gasteiger partial charge in [0.05, 0.1) is 15.7 Å². The Morgan fingerprint density at radius 1 is 0.829 bits per heavy atom. The van der Waals surface area contributed by atoms with Gasteiger partial charge in [-0.3, -0.25) is 4.79 Å². The smallest absolute Gasteiger partial charge is 0.281 e. The Labute approximate surface area is 220 Å². The molecule has 4 aromatic rings.